The second-order valence-corrected chi connectivity index (χ2v) is 4.92. The van der Waals surface area contributed by atoms with Crippen LogP contribution in [0.1, 0.15) is 33.6 Å². The van der Waals surface area contributed by atoms with Crippen LogP contribution >= 0.6 is 0 Å². The lowest BCUT2D eigenvalue weighted by molar-refractivity contribution is -0.117. The smallest absolute Gasteiger partial charge is 0.337 e. The molecule has 0 spiro atoms. The maximum Gasteiger partial charge on any atom is 0.337 e. The number of carbonyl (C=O) groups excluding carboxylic acids is 3. The molecule has 1 amide bonds. The van der Waals surface area contributed by atoms with Crippen molar-refractivity contribution in [3.05, 3.63) is 29.3 Å². The van der Waals surface area contributed by atoms with E-state index in [0.29, 0.717) is 5.69 Å². The van der Waals surface area contributed by atoms with Gasteiger partial charge in [-0.15, -0.1) is 0 Å². The van der Waals surface area contributed by atoms with E-state index in [1.165, 1.54) is 32.4 Å². The molecule has 1 aromatic carbocycles. The molecule has 0 unspecified atom stereocenters. The van der Waals surface area contributed by atoms with Crippen LogP contribution in [0, 0.1) is 0 Å². The number of nitrogens with one attached hydrogen (secondary N) is 2. The minimum absolute atomic E-state index is 0.167. The number of hydrogen-bond donors (Lipinski definition) is 2. The van der Waals surface area contributed by atoms with E-state index in [1.807, 2.05) is 0 Å². The molecule has 1 heterocycles. The van der Waals surface area contributed by atoms with Gasteiger partial charge in [-0.05, 0) is 37.6 Å². The Labute approximate surface area is 128 Å². The molecule has 1 saturated heterocycles. The highest BCUT2D eigenvalue weighted by Gasteiger charge is 2.23. The van der Waals surface area contributed by atoms with E-state index in [0.717, 1.165) is 19.4 Å². The Kier molecular flexibility index (Phi) is 5.11. The van der Waals surface area contributed by atoms with Crippen molar-refractivity contribution in [1.29, 1.82) is 0 Å². The van der Waals surface area contributed by atoms with Crippen LogP contribution in [0.2, 0.25) is 0 Å². The van der Waals surface area contributed by atoms with Crippen molar-refractivity contribution < 1.29 is 23.9 Å². The van der Waals surface area contributed by atoms with Gasteiger partial charge >= 0.3 is 11.9 Å². The van der Waals surface area contributed by atoms with Crippen LogP contribution in [0.4, 0.5) is 5.69 Å². The first-order valence-corrected chi connectivity index (χ1v) is 6.91. The molecule has 7 heteroatoms. The summed E-state index contributed by atoms with van der Waals surface area (Å²) in [6, 6.07) is 4.03. The van der Waals surface area contributed by atoms with Gasteiger partial charge in [0.1, 0.15) is 0 Å². The fourth-order valence-electron chi connectivity index (χ4n) is 2.31. The zero-order valence-electron chi connectivity index (χ0n) is 12.5. The van der Waals surface area contributed by atoms with Gasteiger partial charge in [0, 0.05) is 5.69 Å². The third-order valence-corrected chi connectivity index (χ3v) is 3.42. The van der Waals surface area contributed by atoms with E-state index < -0.39 is 11.9 Å². The summed E-state index contributed by atoms with van der Waals surface area (Å²) in [5.41, 5.74) is 0.683. The van der Waals surface area contributed by atoms with Gasteiger partial charge in [-0.2, -0.15) is 0 Å². The first-order chi connectivity index (χ1) is 10.5. The van der Waals surface area contributed by atoms with E-state index in [4.69, 9.17) is 0 Å². The quantitative estimate of drug-likeness (QED) is 0.804. The summed E-state index contributed by atoms with van der Waals surface area (Å²) in [5, 5.41) is 5.78. The van der Waals surface area contributed by atoms with Crippen LogP contribution < -0.4 is 10.6 Å². The van der Waals surface area contributed by atoms with Crippen molar-refractivity contribution in [2.75, 3.05) is 26.1 Å². The second kappa shape index (κ2) is 7.04. The molecule has 1 aliphatic rings. The monoisotopic (exact) mass is 306 g/mol. The highest BCUT2D eigenvalue weighted by Crippen LogP contribution is 2.18. The average molecular weight is 306 g/mol. The fourth-order valence-corrected chi connectivity index (χ4v) is 2.31. The molecule has 1 atom stereocenters. The van der Waals surface area contributed by atoms with Crippen molar-refractivity contribution in [1.82, 2.24) is 5.32 Å². The van der Waals surface area contributed by atoms with E-state index in [-0.39, 0.29) is 23.1 Å². The molecule has 0 aromatic heterocycles. The number of hydrogen-bond acceptors (Lipinski definition) is 6. The number of rotatable bonds is 4. The van der Waals surface area contributed by atoms with Gasteiger partial charge in [0.2, 0.25) is 5.91 Å². The summed E-state index contributed by atoms with van der Waals surface area (Å²) in [7, 11) is 2.49. The normalized spacial score (nSPS) is 16.9. The summed E-state index contributed by atoms with van der Waals surface area (Å²) in [6.45, 7) is 0.799. The number of carbonyl (C=O) groups is 3. The Morgan fingerprint density at radius 3 is 2.14 bits per heavy atom. The van der Waals surface area contributed by atoms with Crippen LogP contribution in [0.15, 0.2) is 18.2 Å². The lowest BCUT2D eigenvalue weighted by atomic mass is 10.1. The minimum atomic E-state index is -0.597. The number of benzene rings is 1. The van der Waals surface area contributed by atoms with E-state index >= 15 is 0 Å². The first-order valence-electron chi connectivity index (χ1n) is 6.91. The summed E-state index contributed by atoms with van der Waals surface area (Å²) >= 11 is 0. The molecule has 2 rings (SSSR count). The number of methoxy groups -OCH3 is 2. The Morgan fingerprint density at radius 1 is 1.09 bits per heavy atom. The molecule has 22 heavy (non-hydrogen) atoms. The van der Waals surface area contributed by atoms with Crippen LogP contribution in [-0.4, -0.2) is 44.7 Å². The van der Waals surface area contributed by atoms with Crippen molar-refractivity contribution >= 4 is 23.5 Å². The van der Waals surface area contributed by atoms with Gasteiger partial charge < -0.3 is 20.1 Å². The zero-order valence-corrected chi connectivity index (χ0v) is 12.5. The van der Waals surface area contributed by atoms with E-state index in [9.17, 15) is 14.4 Å². The topological polar surface area (TPSA) is 93.7 Å². The van der Waals surface area contributed by atoms with Crippen molar-refractivity contribution in [2.24, 2.45) is 0 Å². The van der Waals surface area contributed by atoms with Gasteiger partial charge in [-0.3, -0.25) is 4.79 Å². The third-order valence-electron chi connectivity index (χ3n) is 3.42. The third kappa shape index (κ3) is 3.62. The Morgan fingerprint density at radius 2 is 1.68 bits per heavy atom. The molecular formula is C15H18N2O5. The summed E-state index contributed by atoms with van der Waals surface area (Å²) in [6.07, 6.45) is 1.69. The van der Waals surface area contributed by atoms with Crippen LogP contribution in [0.5, 0.6) is 0 Å². The maximum atomic E-state index is 12.1. The molecule has 0 aliphatic carbocycles. The van der Waals surface area contributed by atoms with Gasteiger partial charge in [-0.1, -0.05) is 0 Å². The average Bonchev–Trinajstić information content (AvgIpc) is 3.07. The van der Waals surface area contributed by atoms with E-state index in [1.54, 1.807) is 0 Å². The number of ether oxygens (including phenoxy) is 2. The number of amides is 1. The Bertz CT molecular complexity index is 559. The number of anilines is 1. The first kappa shape index (κ1) is 16.0. The number of esters is 2. The predicted molar refractivity (Wildman–Crippen MR) is 78.8 cm³/mol. The zero-order chi connectivity index (χ0) is 16.1. The Hall–Kier alpha value is -2.41. The molecule has 0 bridgehead atoms. The minimum Gasteiger partial charge on any atom is -0.465 e. The predicted octanol–water partition coefficient (Wildman–Crippen LogP) is 0.950. The molecule has 1 aromatic rings. The van der Waals surface area contributed by atoms with Gasteiger partial charge in [-0.25, -0.2) is 9.59 Å². The largest absolute Gasteiger partial charge is 0.465 e. The SMILES string of the molecule is COC(=O)c1cc(NC(=O)[C@@H]2CCCN2)cc(C(=O)OC)c1. The molecule has 0 radical (unpaired) electrons. The standard InChI is InChI=1S/C15H18N2O5/c1-21-14(19)9-6-10(15(20)22-2)8-11(7-9)17-13(18)12-4-3-5-16-12/h6-8,12,16H,3-5H2,1-2H3,(H,17,18)/t12-/m0/s1. The van der Waals surface area contributed by atoms with Crippen molar-refractivity contribution in [3.8, 4) is 0 Å². The fraction of sp³-hybridized carbons (Fsp3) is 0.400. The molecule has 7 nitrogen and oxygen atoms in total. The summed E-state index contributed by atoms with van der Waals surface area (Å²) in [5.74, 6) is -1.39. The van der Waals surface area contributed by atoms with Crippen molar-refractivity contribution in [2.45, 2.75) is 18.9 Å². The summed E-state index contributed by atoms with van der Waals surface area (Å²) in [4.78, 5) is 35.5. The molecular weight excluding hydrogens is 288 g/mol. The highest BCUT2D eigenvalue weighted by atomic mass is 16.5. The van der Waals surface area contributed by atoms with Gasteiger partial charge in [0.25, 0.3) is 0 Å². The van der Waals surface area contributed by atoms with E-state index in [2.05, 4.69) is 20.1 Å². The van der Waals surface area contributed by atoms with Crippen LogP contribution in [0.3, 0.4) is 0 Å². The molecule has 2 N–H and O–H groups in total. The molecule has 118 valence electrons. The van der Waals surface area contributed by atoms with Crippen LogP contribution in [-0.2, 0) is 14.3 Å². The molecule has 0 saturated carbocycles. The van der Waals surface area contributed by atoms with Gasteiger partial charge in [0.05, 0.1) is 31.4 Å². The second-order valence-electron chi connectivity index (χ2n) is 4.92. The van der Waals surface area contributed by atoms with Crippen molar-refractivity contribution in [3.63, 3.8) is 0 Å². The molecule has 1 fully saturated rings. The Balaban J connectivity index is 2.26. The highest BCUT2D eigenvalue weighted by molar-refractivity contribution is 6.00. The summed E-state index contributed by atoms with van der Waals surface area (Å²) < 4.78 is 9.30. The maximum absolute atomic E-state index is 12.1. The lowest BCUT2D eigenvalue weighted by Gasteiger charge is -2.13. The van der Waals surface area contributed by atoms with Crippen LogP contribution in [0.25, 0.3) is 0 Å². The van der Waals surface area contributed by atoms with Gasteiger partial charge in [0.15, 0.2) is 0 Å². The molecule has 1 aliphatic heterocycles. The lowest BCUT2D eigenvalue weighted by Crippen LogP contribution is -2.35.